The Balaban J connectivity index is 1.59. The van der Waals surface area contributed by atoms with E-state index in [0.29, 0.717) is 41.6 Å². The van der Waals surface area contributed by atoms with Crippen molar-refractivity contribution in [2.75, 3.05) is 25.1 Å². The van der Waals surface area contributed by atoms with E-state index in [1.54, 1.807) is 30.1 Å². The molecule has 1 unspecified atom stereocenters. The molecule has 0 radical (unpaired) electrons. The van der Waals surface area contributed by atoms with Crippen molar-refractivity contribution in [1.82, 2.24) is 19.1 Å². The number of nitrogens with zero attached hydrogens (tertiary/aromatic N) is 5. The van der Waals surface area contributed by atoms with Crippen LogP contribution in [0, 0.1) is 12.7 Å². The molecule has 0 aliphatic carbocycles. The van der Waals surface area contributed by atoms with Gasteiger partial charge in [0.1, 0.15) is 22.8 Å². The third-order valence-electron chi connectivity index (χ3n) is 6.59. The first kappa shape index (κ1) is 23.8. The average molecular weight is 492 g/mol. The highest BCUT2D eigenvalue weighted by atomic mass is 19.1. The number of aromatic nitrogens is 4. The number of benzene rings is 2. The van der Waals surface area contributed by atoms with Gasteiger partial charge in [0.05, 0.1) is 37.0 Å². The molecule has 0 amide bonds. The Bertz CT molecular complexity index is 1440. The van der Waals surface area contributed by atoms with Gasteiger partial charge in [-0.1, -0.05) is 18.2 Å². The van der Waals surface area contributed by atoms with Gasteiger partial charge in [-0.3, -0.25) is 14.1 Å². The molecule has 188 valence electrons. The van der Waals surface area contributed by atoms with E-state index >= 15 is 0 Å². The normalized spacial score (nSPS) is 15.7. The molecule has 9 heteroatoms. The minimum atomic E-state index is -0.243. The average Bonchev–Trinajstić information content (AvgIpc) is 3.42. The van der Waals surface area contributed by atoms with Gasteiger partial charge in [-0.05, 0) is 51.0 Å². The first-order valence-corrected chi connectivity index (χ1v) is 12.1. The number of hydrogen-bond acceptors (Lipinski definition) is 6. The molecular formula is C27H30FN5O3. The maximum absolute atomic E-state index is 14.7. The van der Waals surface area contributed by atoms with Gasteiger partial charge >= 0.3 is 5.69 Å². The van der Waals surface area contributed by atoms with Crippen LogP contribution in [0.1, 0.15) is 37.6 Å². The van der Waals surface area contributed by atoms with Gasteiger partial charge in [0, 0.05) is 25.5 Å². The van der Waals surface area contributed by atoms with E-state index in [1.165, 1.54) is 6.07 Å². The molecule has 4 aromatic rings. The van der Waals surface area contributed by atoms with Crippen LogP contribution in [0.4, 0.5) is 10.1 Å². The van der Waals surface area contributed by atoms with Crippen LogP contribution in [-0.4, -0.2) is 45.4 Å². The molecule has 0 bridgehead atoms. The summed E-state index contributed by atoms with van der Waals surface area (Å²) in [5, 5.41) is 0. The van der Waals surface area contributed by atoms with Crippen LogP contribution >= 0.6 is 0 Å². The largest absolute Gasteiger partial charge is 0.494 e. The van der Waals surface area contributed by atoms with Crippen LogP contribution in [0.15, 0.2) is 53.6 Å². The van der Waals surface area contributed by atoms with Crippen molar-refractivity contribution >= 4 is 16.7 Å². The highest BCUT2D eigenvalue weighted by Gasteiger charge is 2.31. The molecule has 3 heterocycles. The zero-order chi connectivity index (χ0) is 25.4. The summed E-state index contributed by atoms with van der Waals surface area (Å²) in [7, 11) is 1.59. The molecule has 2 aromatic carbocycles. The lowest BCUT2D eigenvalue weighted by molar-refractivity contribution is 0.228. The molecule has 0 saturated carbocycles. The maximum atomic E-state index is 14.7. The van der Waals surface area contributed by atoms with E-state index in [1.807, 2.05) is 54.5 Å². The third kappa shape index (κ3) is 4.19. The number of imidazole rings is 1. The first-order valence-electron chi connectivity index (χ1n) is 12.1. The standard InChI is InChI=1S/C27H30FN5O3/c1-17(2)36-26-21(29-12-13-30-26)16-32-25-22(9-6-10-23(25)35-4)33(27(32)34)19-11-14-31(15-19)24-18(3)7-5-8-20(24)28/h5-10,12-13,17,19H,11,14-16H2,1-4H3. The van der Waals surface area contributed by atoms with Crippen LogP contribution in [0.5, 0.6) is 11.6 Å². The number of anilines is 1. The van der Waals surface area contributed by atoms with E-state index in [0.717, 1.165) is 17.5 Å². The summed E-state index contributed by atoms with van der Waals surface area (Å²) in [6.07, 6.45) is 3.80. The summed E-state index contributed by atoms with van der Waals surface area (Å²) in [4.78, 5) is 24.8. The fraction of sp³-hybridized carbons (Fsp3) is 0.370. The molecule has 8 nitrogen and oxygen atoms in total. The Kier molecular flexibility index (Phi) is 6.38. The quantitative estimate of drug-likeness (QED) is 0.383. The number of aryl methyl sites for hydroxylation is 1. The lowest BCUT2D eigenvalue weighted by Crippen LogP contribution is -2.30. The monoisotopic (exact) mass is 491 g/mol. The van der Waals surface area contributed by atoms with E-state index in [4.69, 9.17) is 9.47 Å². The van der Waals surface area contributed by atoms with Crippen LogP contribution in [0.2, 0.25) is 0 Å². The van der Waals surface area contributed by atoms with E-state index < -0.39 is 0 Å². The van der Waals surface area contributed by atoms with Crippen molar-refractivity contribution in [3.63, 3.8) is 0 Å². The number of ether oxygens (including phenoxy) is 2. The molecule has 36 heavy (non-hydrogen) atoms. The van der Waals surface area contributed by atoms with Crippen LogP contribution in [0.25, 0.3) is 11.0 Å². The second-order valence-electron chi connectivity index (χ2n) is 9.34. The van der Waals surface area contributed by atoms with Crippen molar-refractivity contribution in [1.29, 1.82) is 0 Å². The SMILES string of the molecule is COc1cccc2c1n(Cc1nccnc1OC(C)C)c(=O)n2C1CCN(c2c(C)cccc2F)C1. The fourth-order valence-corrected chi connectivity index (χ4v) is 5.08. The number of hydrogen-bond donors (Lipinski definition) is 0. The summed E-state index contributed by atoms with van der Waals surface area (Å²) in [6, 6.07) is 10.6. The highest BCUT2D eigenvalue weighted by Crippen LogP contribution is 2.34. The van der Waals surface area contributed by atoms with E-state index in [-0.39, 0.29) is 30.2 Å². The molecule has 2 aromatic heterocycles. The number of rotatable bonds is 7. The summed E-state index contributed by atoms with van der Waals surface area (Å²) in [5.74, 6) is 0.753. The second kappa shape index (κ2) is 9.64. The van der Waals surface area contributed by atoms with Crippen molar-refractivity contribution in [2.24, 2.45) is 0 Å². The Morgan fingerprint density at radius 1 is 1.14 bits per heavy atom. The van der Waals surface area contributed by atoms with Crippen LogP contribution in [0.3, 0.4) is 0 Å². The lowest BCUT2D eigenvalue weighted by atomic mass is 10.2. The molecule has 1 fully saturated rings. The first-order chi connectivity index (χ1) is 17.4. The highest BCUT2D eigenvalue weighted by molar-refractivity contribution is 5.83. The molecular weight excluding hydrogens is 461 g/mol. The van der Waals surface area contributed by atoms with Gasteiger partial charge in [0.2, 0.25) is 5.88 Å². The Hall–Kier alpha value is -3.88. The van der Waals surface area contributed by atoms with Gasteiger partial charge in [0.25, 0.3) is 0 Å². The molecule has 0 spiro atoms. The second-order valence-corrected chi connectivity index (χ2v) is 9.34. The van der Waals surface area contributed by atoms with Gasteiger partial charge in [-0.25, -0.2) is 14.2 Å². The van der Waals surface area contributed by atoms with Crippen molar-refractivity contribution in [2.45, 2.75) is 45.9 Å². The smallest absolute Gasteiger partial charge is 0.329 e. The van der Waals surface area contributed by atoms with Gasteiger partial charge in [-0.2, -0.15) is 0 Å². The predicted molar refractivity (Wildman–Crippen MR) is 137 cm³/mol. The Morgan fingerprint density at radius 3 is 2.67 bits per heavy atom. The van der Waals surface area contributed by atoms with Crippen LogP contribution < -0.4 is 20.1 Å². The third-order valence-corrected chi connectivity index (χ3v) is 6.59. The molecule has 1 atom stereocenters. The van der Waals surface area contributed by atoms with Crippen LogP contribution in [-0.2, 0) is 6.54 Å². The van der Waals surface area contributed by atoms with Crippen molar-refractivity contribution in [3.05, 3.63) is 76.4 Å². The summed E-state index contributed by atoms with van der Waals surface area (Å²) in [5.41, 5.74) is 3.33. The predicted octanol–water partition coefficient (Wildman–Crippen LogP) is 4.34. The number of methoxy groups -OCH3 is 1. The molecule has 1 aliphatic rings. The minimum absolute atomic E-state index is 0.0839. The van der Waals surface area contributed by atoms with Gasteiger partial charge in [0.15, 0.2) is 0 Å². The van der Waals surface area contributed by atoms with Crippen molar-refractivity contribution in [3.8, 4) is 11.6 Å². The molecule has 5 rings (SSSR count). The summed E-state index contributed by atoms with van der Waals surface area (Å²) in [6.45, 7) is 7.12. The molecule has 0 N–H and O–H groups in total. The van der Waals surface area contributed by atoms with E-state index in [9.17, 15) is 9.18 Å². The molecule has 1 saturated heterocycles. The summed E-state index contributed by atoms with van der Waals surface area (Å²) >= 11 is 0. The number of para-hydroxylation sites is 2. The maximum Gasteiger partial charge on any atom is 0.329 e. The summed E-state index contributed by atoms with van der Waals surface area (Å²) < 4.78 is 29.7. The van der Waals surface area contributed by atoms with Gasteiger partial charge < -0.3 is 14.4 Å². The lowest BCUT2D eigenvalue weighted by Gasteiger charge is -2.21. The topological polar surface area (TPSA) is 74.4 Å². The molecule has 1 aliphatic heterocycles. The Labute approximate surface area is 208 Å². The van der Waals surface area contributed by atoms with E-state index in [2.05, 4.69) is 9.97 Å². The van der Waals surface area contributed by atoms with Crippen molar-refractivity contribution < 1.29 is 13.9 Å². The Morgan fingerprint density at radius 2 is 1.92 bits per heavy atom. The zero-order valence-corrected chi connectivity index (χ0v) is 20.9. The number of fused-ring (bicyclic) bond motifs is 1. The fourth-order valence-electron chi connectivity index (χ4n) is 5.08. The minimum Gasteiger partial charge on any atom is -0.494 e. The van der Waals surface area contributed by atoms with Gasteiger partial charge in [-0.15, -0.1) is 0 Å². The number of halogens is 1. The zero-order valence-electron chi connectivity index (χ0n) is 20.9.